The number of hydrogen-bond acceptors (Lipinski definition) is 11. The lowest BCUT2D eigenvalue weighted by Crippen LogP contribution is -2.34. The van der Waals surface area contributed by atoms with Crippen molar-refractivity contribution in [2.24, 2.45) is 0 Å². The molecule has 1 aliphatic heterocycles. The lowest BCUT2D eigenvalue weighted by atomic mass is 9.96. The molecule has 1 aromatic carbocycles. The Morgan fingerprint density at radius 1 is 1.19 bits per heavy atom. The topological polar surface area (TPSA) is 157 Å². The van der Waals surface area contributed by atoms with E-state index in [-0.39, 0.29) is 34.1 Å². The molecule has 1 fully saturated rings. The number of aromatic nitrogens is 4. The second-order valence-corrected chi connectivity index (χ2v) is 11.9. The Labute approximate surface area is 213 Å². The van der Waals surface area contributed by atoms with E-state index in [1.807, 2.05) is 13.8 Å². The fourth-order valence-corrected chi connectivity index (χ4v) is 5.09. The van der Waals surface area contributed by atoms with E-state index in [2.05, 4.69) is 25.4 Å². The average Bonchev–Trinajstić information content (AvgIpc) is 3.36. The maximum absolute atomic E-state index is 14.8. The predicted molar refractivity (Wildman–Crippen MR) is 133 cm³/mol. The molecule has 198 valence electrons. The number of hydrogen-bond donors (Lipinski definition) is 1. The molecular weight excluding hydrogens is 505 g/mol. The maximum Gasteiger partial charge on any atom is 0.353 e. The number of benzene rings is 1. The van der Waals surface area contributed by atoms with Gasteiger partial charge in [0.25, 0.3) is 0 Å². The van der Waals surface area contributed by atoms with Crippen LogP contribution in [0.1, 0.15) is 64.1 Å². The molecule has 3 heterocycles. The van der Waals surface area contributed by atoms with E-state index in [0.717, 1.165) is 6.07 Å². The van der Waals surface area contributed by atoms with E-state index >= 15 is 0 Å². The Morgan fingerprint density at radius 3 is 2.46 bits per heavy atom. The van der Waals surface area contributed by atoms with Gasteiger partial charge in [-0.2, -0.15) is 4.98 Å². The van der Waals surface area contributed by atoms with Crippen LogP contribution in [0.3, 0.4) is 0 Å². The number of anilines is 3. The summed E-state index contributed by atoms with van der Waals surface area (Å²) in [5.41, 5.74) is -0.550. The van der Waals surface area contributed by atoms with Gasteiger partial charge in [-0.3, -0.25) is 10.1 Å². The van der Waals surface area contributed by atoms with Crippen LogP contribution in [0.4, 0.5) is 27.4 Å². The largest absolute Gasteiger partial charge is 0.353 e. The van der Waals surface area contributed by atoms with Crippen LogP contribution in [-0.4, -0.2) is 51.8 Å². The summed E-state index contributed by atoms with van der Waals surface area (Å²) >= 11 is 0. The van der Waals surface area contributed by atoms with E-state index in [4.69, 9.17) is 4.52 Å². The van der Waals surface area contributed by atoms with Gasteiger partial charge in [-0.05, 0) is 44.9 Å². The van der Waals surface area contributed by atoms with Crippen molar-refractivity contribution in [2.75, 3.05) is 23.3 Å². The third-order valence-electron chi connectivity index (χ3n) is 6.25. The van der Waals surface area contributed by atoms with Crippen LogP contribution in [0.5, 0.6) is 0 Å². The molecule has 1 aliphatic rings. The number of nitrogens with zero attached hydrogens (tertiary/aromatic N) is 6. The minimum atomic E-state index is -3.68. The third-order valence-corrected chi connectivity index (χ3v) is 8.40. The van der Waals surface area contributed by atoms with Crippen molar-refractivity contribution in [3.63, 3.8) is 0 Å². The lowest BCUT2D eigenvalue weighted by Gasteiger charge is -2.30. The quantitative estimate of drug-likeness (QED) is 0.324. The minimum Gasteiger partial charge on any atom is -0.351 e. The monoisotopic (exact) mass is 533 g/mol. The second kappa shape index (κ2) is 10.4. The number of sulfone groups is 1. The van der Waals surface area contributed by atoms with Gasteiger partial charge in [-0.25, -0.2) is 22.8 Å². The molecule has 4 rings (SSSR count). The summed E-state index contributed by atoms with van der Waals surface area (Å²) in [5.74, 6) is 0.403. The number of piperidine rings is 1. The smallest absolute Gasteiger partial charge is 0.351 e. The molecule has 0 bridgehead atoms. The summed E-state index contributed by atoms with van der Waals surface area (Å²) in [7, 11) is -3.68. The normalized spacial score (nSPS) is 14.9. The van der Waals surface area contributed by atoms with Crippen molar-refractivity contribution in [3.8, 4) is 0 Å². The molecule has 0 amide bonds. The van der Waals surface area contributed by atoms with Gasteiger partial charge in [0.2, 0.25) is 17.5 Å². The van der Waals surface area contributed by atoms with Crippen molar-refractivity contribution in [1.82, 2.24) is 20.1 Å². The van der Waals surface area contributed by atoms with E-state index in [1.54, 1.807) is 4.90 Å². The van der Waals surface area contributed by atoms with Crippen molar-refractivity contribution in [2.45, 2.75) is 62.5 Å². The Hall–Kier alpha value is -3.68. The summed E-state index contributed by atoms with van der Waals surface area (Å²) in [5, 5.41) is 17.9. The first-order valence-corrected chi connectivity index (χ1v) is 13.4. The van der Waals surface area contributed by atoms with E-state index in [0.29, 0.717) is 37.6 Å². The highest BCUT2D eigenvalue weighted by atomic mass is 32.2. The van der Waals surface area contributed by atoms with Gasteiger partial charge in [0.05, 0.1) is 20.8 Å². The number of nitrogens with one attached hydrogen (secondary N) is 1. The fraction of sp³-hybridized carbons (Fsp3) is 0.478. The fourth-order valence-electron chi connectivity index (χ4n) is 4.02. The van der Waals surface area contributed by atoms with Gasteiger partial charge in [0.15, 0.2) is 15.7 Å². The van der Waals surface area contributed by atoms with Crippen LogP contribution in [0, 0.1) is 15.9 Å². The third kappa shape index (κ3) is 5.38. The van der Waals surface area contributed by atoms with E-state index < -0.39 is 31.5 Å². The molecule has 0 radical (unpaired) electrons. The SMILES string of the molecule is CC(C)c1noc(C2CCN(c3ncnc(Nc4ccc(S(=O)(=O)C(C)C)cc4F)c3[N+](=O)[O-])CC2)n1. The van der Waals surface area contributed by atoms with Gasteiger partial charge in [0, 0.05) is 24.9 Å². The van der Waals surface area contributed by atoms with Crippen molar-refractivity contribution < 1.29 is 22.3 Å². The summed E-state index contributed by atoms with van der Waals surface area (Å²) in [6.07, 6.45) is 2.42. The van der Waals surface area contributed by atoms with Gasteiger partial charge >= 0.3 is 5.69 Å². The highest BCUT2D eigenvalue weighted by Gasteiger charge is 2.32. The molecule has 0 unspecified atom stereocenters. The molecule has 1 N–H and O–H groups in total. The molecule has 3 aromatic rings. The maximum atomic E-state index is 14.8. The standard InChI is InChI=1S/C23H28FN7O5S/c1-13(2)20-28-23(36-29-20)15-7-9-30(10-8-15)22-19(31(32)33)21(25-12-26-22)27-18-6-5-16(11-17(18)24)37(34,35)14(3)4/h5-6,11-15H,7-10H2,1-4H3,(H,25,26,27). The van der Waals surface area contributed by atoms with Crippen molar-refractivity contribution in [1.29, 1.82) is 0 Å². The average molecular weight is 534 g/mol. The molecule has 0 spiro atoms. The van der Waals surface area contributed by atoms with E-state index in [9.17, 15) is 22.9 Å². The Bertz CT molecular complexity index is 1400. The lowest BCUT2D eigenvalue weighted by molar-refractivity contribution is -0.383. The number of rotatable bonds is 8. The van der Waals surface area contributed by atoms with Crippen molar-refractivity contribution >= 4 is 32.8 Å². The zero-order valence-corrected chi connectivity index (χ0v) is 21.7. The Balaban J connectivity index is 1.56. The summed E-state index contributed by atoms with van der Waals surface area (Å²) in [6.45, 7) is 7.86. The Kier molecular flexibility index (Phi) is 7.39. The first-order chi connectivity index (χ1) is 17.5. The van der Waals surface area contributed by atoms with Crippen LogP contribution in [-0.2, 0) is 9.84 Å². The van der Waals surface area contributed by atoms with Crippen LogP contribution >= 0.6 is 0 Å². The summed E-state index contributed by atoms with van der Waals surface area (Å²) < 4.78 is 44.9. The van der Waals surface area contributed by atoms with Crippen LogP contribution < -0.4 is 10.2 Å². The van der Waals surface area contributed by atoms with Gasteiger partial charge in [-0.15, -0.1) is 0 Å². The van der Waals surface area contributed by atoms with Crippen LogP contribution in [0.2, 0.25) is 0 Å². The number of nitro groups is 1. The van der Waals surface area contributed by atoms with Gasteiger partial charge in [-0.1, -0.05) is 19.0 Å². The first kappa shape index (κ1) is 26.4. The molecule has 12 nitrogen and oxygen atoms in total. The van der Waals surface area contributed by atoms with Crippen LogP contribution in [0.25, 0.3) is 0 Å². The molecule has 0 aliphatic carbocycles. The molecule has 14 heteroatoms. The molecule has 2 aromatic heterocycles. The van der Waals surface area contributed by atoms with Gasteiger partial charge < -0.3 is 14.7 Å². The molecular formula is C23H28FN7O5S. The van der Waals surface area contributed by atoms with E-state index in [1.165, 1.54) is 32.3 Å². The first-order valence-electron chi connectivity index (χ1n) is 11.9. The molecule has 0 saturated carbocycles. The van der Waals surface area contributed by atoms with Gasteiger partial charge in [0.1, 0.15) is 12.1 Å². The van der Waals surface area contributed by atoms with Crippen molar-refractivity contribution in [3.05, 3.63) is 52.2 Å². The molecule has 1 saturated heterocycles. The Morgan fingerprint density at radius 2 is 1.89 bits per heavy atom. The summed E-state index contributed by atoms with van der Waals surface area (Å²) in [6, 6.07) is 3.36. The zero-order chi connectivity index (χ0) is 26.9. The zero-order valence-electron chi connectivity index (χ0n) is 20.9. The number of halogens is 1. The van der Waals surface area contributed by atoms with Crippen LogP contribution in [0.15, 0.2) is 33.9 Å². The minimum absolute atomic E-state index is 0.0319. The highest BCUT2D eigenvalue weighted by molar-refractivity contribution is 7.92. The second-order valence-electron chi connectivity index (χ2n) is 9.42. The summed E-state index contributed by atoms with van der Waals surface area (Å²) in [4.78, 5) is 25.6. The molecule has 37 heavy (non-hydrogen) atoms. The molecule has 0 atom stereocenters. The predicted octanol–water partition coefficient (Wildman–Crippen LogP) is 4.34. The highest BCUT2D eigenvalue weighted by Crippen LogP contribution is 2.37.